The van der Waals surface area contributed by atoms with Gasteiger partial charge in [0.15, 0.2) is 0 Å². The number of pyridine rings is 1. The van der Waals surface area contributed by atoms with Crippen LogP contribution in [-0.2, 0) is 0 Å². The maximum atomic E-state index is 4.23. The molecule has 0 bridgehead atoms. The lowest BCUT2D eigenvalue weighted by molar-refractivity contribution is 0.962. The first-order valence-electron chi connectivity index (χ1n) is 6.19. The molecule has 0 atom stereocenters. The molecule has 4 heteroatoms. The molecule has 4 aromatic rings. The van der Waals surface area contributed by atoms with Crippen LogP contribution in [0.2, 0.25) is 0 Å². The molecule has 1 N–H and O–H groups in total. The van der Waals surface area contributed by atoms with Crippen LogP contribution in [0.5, 0.6) is 0 Å². The van der Waals surface area contributed by atoms with Gasteiger partial charge in [-0.15, -0.1) is 0 Å². The monoisotopic (exact) mass is 248 g/mol. The highest BCUT2D eigenvalue weighted by molar-refractivity contribution is 5.96. The van der Waals surface area contributed by atoms with E-state index >= 15 is 0 Å². The number of rotatable bonds is 1. The van der Waals surface area contributed by atoms with Crippen molar-refractivity contribution in [3.63, 3.8) is 0 Å². The lowest BCUT2D eigenvalue weighted by Gasteiger charge is -2.08. The molecule has 19 heavy (non-hydrogen) atoms. The summed E-state index contributed by atoms with van der Waals surface area (Å²) in [6.45, 7) is 2.13. The van der Waals surface area contributed by atoms with Gasteiger partial charge in [-0.05, 0) is 47.9 Å². The largest absolute Gasteiger partial charge is 0.278 e. The van der Waals surface area contributed by atoms with Crippen LogP contribution >= 0.6 is 0 Å². The van der Waals surface area contributed by atoms with E-state index in [1.807, 2.05) is 29.2 Å². The van der Waals surface area contributed by atoms with Gasteiger partial charge in [0.25, 0.3) is 0 Å². The van der Waals surface area contributed by atoms with Crippen molar-refractivity contribution in [2.75, 3.05) is 0 Å². The second-order valence-electron chi connectivity index (χ2n) is 4.70. The zero-order chi connectivity index (χ0) is 12.8. The Morgan fingerprint density at radius 3 is 3.05 bits per heavy atom. The summed E-state index contributed by atoms with van der Waals surface area (Å²) in [5, 5.41) is 12.5. The van der Waals surface area contributed by atoms with Crippen molar-refractivity contribution in [2.45, 2.75) is 6.92 Å². The Hall–Kier alpha value is -2.62. The number of nitrogens with one attached hydrogen (secondary N) is 1. The van der Waals surface area contributed by atoms with Crippen molar-refractivity contribution >= 4 is 16.4 Å². The van der Waals surface area contributed by atoms with Gasteiger partial charge in [-0.3, -0.25) is 5.10 Å². The Kier molecular flexibility index (Phi) is 2.00. The van der Waals surface area contributed by atoms with E-state index in [0.717, 1.165) is 16.4 Å². The normalized spacial score (nSPS) is 11.4. The molecular weight excluding hydrogens is 236 g/mol. The fraction of sp³-hybridized carbons (Fsp3) is 0.0667. The Morgan fingerprint density at radius 1 is 1.16 bits per heavy atom. The standard InChI is InChI=1S/C15H12N4/c1-10-2-3-14-13(9-16-18-14)15(10)11-5-7-19-12(8-11)4-6-17-19/h2-9H,1H3,(H,16,18). The topological polar surface area (TPSA) is 46.0 Å². The van der Waals surface area contributed by atoms with E-state index < -0.39 is 0 Å². The lowest BCUT2D eigenvalue weighted by atomic mass is 9.97. The summed E-state index contributed by atoms with van der Waals surface area (Å²) in [6, 6.07) is 10.4. The fourth-order valence-corrected chi connectivity index (χ4v) is 2.59. The Morgan fingerprint density at radius 2 is 2.11 bits per heavy atom. The summed E-state index contributed by atoms with van der Waals surface area (Å²) in [5.74, 6) is 0. The van der Waals surface area contributed by atoms with E-state index in [-0.39, 0.29) is 0 Å². The van der Waals surface area contributed by atoms with Crippen molar-refractivity contribution in [1.29, 1.82) is 0 Å². The quantitative estimate of drug-likeness (QED) is 0.562. The highest BCUT2D eigenvalue weighted by atomic mass is 15.2. The van der Waals surface area contributed by atoms with Gasteiger partial charge in [0.05, 0.1) is 17.2 Å². The molecule has 0 radical (unpaired) electrons. The maximum Gasteiger partial charge on any atom is 0.0667 e. The minimum absolute atomic E-state index is 1.06. The molecule has 1 aromatic carbocycles. The third kappa shape index (κ3) is 1.46. The maximum absolute atomic E-state index is 4.23. The SMILES string of the molecule is Cc1ccc2[nH]ncc2c1-c1ccn2nccc2c1. The van der Waals surface area contributed by atoms with E-state index in [9.17, 15) is 0 Å². The van der Waals surface area contributed by atoms with E-state index in [2.05, 4.69) is 46.5 Å². The molecule has 0 saturated carbocycles. The second-order valence-corrected chi connectivity index (χ2v) is 4.70. The van der Waals surface area contributed by atoms with Crippen LogP contribution in [0, 0.1) is 6.92 Å². The molecule has 0 aliphatic heterocycles. The molecule has 3 aromatic heterocycles. The van der Waals surface area contributed by atoms with Crippen molar-refractivity contribution in [2.24, 2.45) is 0 Å². The molecule has 0 spiro atoms. The highest BCUT2D eigenvalue weighted by Crippen LogP contribution is 2.31. The van der Waals surface area contributed by atoms with Gasteiger partial charge < -0.3 is 0 Å². The number of aryl methyl sites for hydroxylation is 1. The van der Waals surface area contributed by atoms with E-state index in [1.165, 1.54) is 16.7 Å². The number of fused-ring (bicyclic) bond motifs is 2. The summed E-state index contributed by atoms with van der Waals surface area (Å²) >= 11 is 0. The minimum Gasteiger partial charge on any atom is -0.278 e. The highest BCUT2D eigenvalue weighted by Gasteiger charge is 2.09. The summed E-state index contributed by atoms with van der Waals surface area (Å²) in [4.78, 5) is 0. The zero-order valence-electron chi connectivity index (χ0n) is 10.5. The number of benzene rings is 1. The van der Waals surface area contributed by atoms with E-state index in [1.54, 1.807) is 0 Å². The van der Waals surface area contributed by atoms with Crippen molar-refractivity contribution in [3.8, 4) is 11.1 Å². The smallest absolute Gasteiger partial charge is 0.0667 e. The fourth-order valence-electron chi connectivity index (χ4n) is 2.59. The molecular formula is C15H12N4. The van der Waals surface area contributed by atoms with Crippen LogP contribution in [0.3, 0.4) is 0 Å². The minimum atomic E-state index is 1.06. The van der Waals surface area contributed by atoms with Crippen LogP contribution in [-0.4, -0.2) is 19.8 Å². The summed E-state index contributed by atoms with van der Waals surface area (Å²) in [5.41, 5.74) is 5.83. The van der Waals surface area contributed by atoms with Gasteiger partial charge in [0, 0.05) is 17.8 Å². The number of aromatic nitrogens is 4. The molecule has 4 nitrogen and oxygen atoms in total. The number of hydrogen-bond donors (Lipinski definition) is 1. The first-order valence-corrected chi connectivity index (χ1v) is 6.19. The Labute approximate surface area is 109 Å². The number of H-pyrrole nitrogens is 1. The molecule has 0 aliphatic rings. The van der Waals surface area contributed by atoms with Crippen LogP contribution in [0.25, 0.3) is 27.5 Å². The van der Waals surface area contributed by atoms with E-state index in [0.29, 0.717) is 0 Å². The van der Waals surface area contributed by atoms with Crippen LogP contribution in [0.15, 0.2) is 48.9 Å². The molecule has 4 rings (SSSR count). The first-order chi connectivity index (χ1) is 9.33. The van der Waals surface area contributed by atoms with Gasteiger partial charge in [-0.1, -0.05) is 6.07 Å². The van der Waals surface area contributed by atoms with Crippen LogP contribution in [0.4, 0.5) is 0 Å². The third-order valence-corrected chi connectivity index (χ3v) is 3.52. The number of aromatic amines is 1. The predicted octanol–water partition coefficient (Wildman–Crippen LogP) is 3.19. The first kappa shape index (κ1) is 10.3. The molecule has 0 amide bonds. The average Bonchev–Trinajstić information content (AvgIpc) is 3.05. The summed E-state index contributed by atoms with van der Waals surface area (Å²) < 4.78 is 1.87. The molecule has 0 unspecified atom stereocenters. The van der Waals surface area contributed by atoms with Crippen molar-refractivity contribution in [3.05, 3.63) is 54.5 Å². The summed E-state index contributed by atoms with van der Waals surface area (Å²) in [6.07, 6.45) is 5.69. The summed E-state index contributed by atoms with van der Waals surface area (Å²) in [7, 11) is 0. The van der Waals surface area contributed by atoms with Crippen LogP contribution < -0.4 is 0 Å². The van der Waals surface area contributed by atoms with Gasteiger partial charge in [-0.2, -0.15) is 10.2 Å². The molecule has 3 heterocycles. The van der Waals surface area contributed by atoms with Crippen molar-refractivity contribution < 1.29 is 0 Å². The van der Waals surface area contributed by atoms with Crippen molar-refractivity contribution in [1.82, 2.24) is 19.8 Å². The van der Waals surface area contributed by atoms with E-state index in [4.69, 9.17) is 0 Å². The molecule has 0 saturated heterocycles. The molecule has 92 valence electrons. The lowest BCUT2D eigenvalue weighted by Crippen LogP contribution is -1.89. The second kappa shape index (κ2) is 3.68. The van der Waals surface area contributed by atoms with Gasteiger partial charge >= 0.3 is 0 Å². The third-order valence-electron chi connectivity index (χ3n) is 3.52. The Balaban J connectivity index is 2.07. The zero-order valence-corrected chi connectivity index (χ0v) is 10.5. The van der Waals surface area contributed by atoms with Crippen LogP contribution in [0.1, 0.15) is 5.56 Å². The molecule has 0 aliphatic carbocycles. The number of nitrogens with zero attached hydrogens (tertiary/aromatic N) is 3. The van der Waals surface area contributed by atoms with Gasteiger partial charge in [-0.25, -0.2) is 4.52 Å². The van der Waals surface area contributed by atoms with Gasteiger partial charge in [0.2, 0.25) is 0 Å². The number of hydrogen-bond acceptors (Lipinski definition) is 2. The average molecular weight is 248 g/mol. The predicted molar refractivity (Wildman–Crippen MR) is 75.0 cm³/mol. The Bertz CT molecular complexity index is 885. The molecule has 0 fully saturated rings. The van der Waals surface area contributed by atoms with Gasteiger partial charge in [0.1, 0.15) is 0 Å².